The van der Waals surface area contributed by atoms with Crippen LogP contribution in [0.5, 0.6) is 11.5 Å². The molecule has 2 aromatic rings. The van der Waals surface area contributed by atoms with E-state index in [1.165, 1.54) is 24.5 Å². The Morgan fingerprint density at radius 3 is 2.31 bits per heavy atom. The Bertz CT molecular complexity index is 389. The zero-order valence-electron chi connectivity index (χ0n) is 6.64. The summed E-state index contributed by atoms with van der Waals surface area (Å²) in [7, 11) is 0. The second-order valence-corrected chi connectivity index (χ2v) is 2.62. The standard InChI is InChI=1S/C9H7NO3/c11-7-3-6(4-8(12)5-7)9-1-2-13-10-9/h1-5,11-12H. The van der Waals surface area contributed by atoms with Crippen LogP contribution in [-0.2, 0) is 0 Å². The predicted octanol–water partition coefficient (Wildman–Crippen LogP) is 1.75. The van der Waals surface area contributed by atoms with Crippen molar-refractivity contribution in [2.24, 2.45) is 0 Å². The molecular formula is C9H7NO3. The maximum atomic E-state index is 9.17. The van der Waals surface area contributed by atoms with E-state index in [-0.39, 0.29) is 11.5 Å². The van der Waals surface area contributed by atoms with E-state index in [4.69, 9.17) is 0 Å². The highest BCUT2D eigenvalue weighted by Gasteiger charge is 2.03. The predicted molar refractivity (Wildman–Crippen MR) is 45.3 cm³/mol. The maximum Gasteiger partial charge on any atom is 0.124 e. The molecule has 66 valence electrons. The number of nitrogens with zero attached hydrogens (tertiary/aromatic N) is 1. The van der Waals surface area contributed by atoms with Crippen molar-refractivity contribution in [3.63, 3.8) is 0 Å². The maximum absolute atomic E-state index is 9.17. The average molecular weight is 177 g/mol. The SMILES string of the molecule is Oc1cc(O)cc(-c2ccon2)c1. The van der Waals surface area contributed by atoms with Crippen molar-refractivity contribution in [1.29, 1.82) is 0 Å². The van der Waals surface area contributed by atoms with E-state index in [0.29, 0.717) is 11.3 Å². The van der Waals surface area contributed by atoms with E-state index < -0.39 is 0 Å². The van der Waals surface area contributed by atoms with Crippen molar-refractivity contribution in [1.82, 2.24) is 5.16 Å². The van der Waals surface area contributed by atoms with Crippen LogP contribution < -0.4 is 0 Å². The molecule has 0 saturated heterocycles. The summed E-state index contributed by atoms with van der Waals surface area (Å²) in [4.78, 5) is 0. The Kier molecular flexibility index (Phi) is 1.66. The first-order chi connectivity index (χ1) is 6.25. The Morgan fingerprint density at radius 2 is 1.77 bits per heavy atom. The summed E-state index contributed by atoms with van der Waals surface area (Å²) >= 11 is 0. The summed E-state index contributed by atoms with van der Waals surface area (Å²) in [5.74, 6) is -0.00370. The summed E-state index contributed by atoms with van der Waals surface area (Å²) in [5.41, 5.74) is 1.19. The molecule has 0 atom stereocenters. The van der Waals surface area contributed by atoms with Gasteiger partial charge >= 0.3 is 0 Å². The van der Waals surface area contributed by atoms with E-state index in [0.717, 1.165) is 0 Å². The highest BCUT2D eigenvalue weighted by Crippen LogP contribution is 2.27. The van der Waals surface area contributed by atoms with Crippen molar-refractivity contribution >= 4 is 0 Å². The lowest BCUT2D eigenvalue weighted by molar-refractivity contribution is 0.422. The van der Waals surface area contributed by atoms with E-state index >= 15 is 0 Å². The molecule has 0 amide bonds. The van der Waals surface area contributed by atoms with Gasteiger partial charge in [0.15, 0.2) is 0 Å². The molecule has 1 aromatic carbocycles. The molecule has 13 heavy (non-hydrogen) atoms. The molecule has 0 radical (unpaired) electrons. The lowest BCUT2D eigenvalue weighted by atomic mass is 10.1. The van der Waals surface area contributed by atoms with Crippen molar-refractivity contribution < 1.29 is 14.7 Å². The summed E-state index contributed by atoms with van der Waals surface area (Å²) < 4.78 is 4.64. The molecule has 0 aliphatic heterocycles. The van der Waals surface area contributed by atoms with Gasteiger partial charge in [0.25, 0.3) is 0 Å². The Morgan fingerprint density at radius 1 is 1.08 bits per heavy atom. The molecule has 0 unspecified atom stereocenters. The largest absolute Gasteiger partial charge is 0.508 e. The number of benzene rings is 1. The smallest absolute Gasteiger partial charge is 0.124 e. The van der Waals surface area contributed by atoms with Gasteiger partial charge in [-0.15, -0.1) is 0 Å². The van der Waals surface area contributed by atoms with E-state index in [9.17, 15) is 10.2 Å². The van der Waals surface area contributed by atoms with Gasteiger partial charge in [0, 0.05) is 17.7 Å². The van der Waals surface area contributed by atoms with Crippen LogP contribution in [0.15, 0.2) is 35.1 Å². The zero-order valence-corrected chi connectivity index (χ0v) is 6.64. The highest BCUT2D eigenvalue weighted by atomic mass is 16.5. The minimum absolute atomic E-state index is 0.00185. The normalized spacial score (nSPS) is 10.2. The van der Waals surface area contributed by atoms with Gasteiger partial charge in [-0.2, -0.15) is 0 Å². The van der Waals surface area contributed by atoms with Crippen molar-refractivity contribution in [3.8, 4) is 22.8 Å². The molecule has 0 spiro atoms. The third-order valence-electron chi connectivity index (χ3n) is 1.64. The minimum Gasteiger partial charge on any atom is -0.508 e. The fraction of sp³-hybridized carbons (Fsp3) is 0. The van der Waals surface area contributed by atoms with Gasteiger partial charge in [-0.25, -0.2) is 0 Å². The van der Waals surface area contributed by atoms with Crippen LogP contribution >= 0.6 is 0 Å². The van der Waals surface area contributed by atoms with Crippen molar-refractivity contribution in [2.45, 2.75) is 0 Å². The fourth-order valence-electron chi connectivity index (χ4n) is 1.10. The number of aromatic hydroxyl groups is 2. The van der Waals surface area contributed by atoms with Gasteiger partial charge in [0.1, 0.15) is 23.5 Å². The molecule has 4 nitrogen and oxygen atoms in total. The summed E-state index contributed by atoms with van der Waals surface area (Å²) in [6, 6.07) is 5.90. The lowest BCUT2D eigenvalue weighted by Gasteiger charge is -1.98. The van der Waals surface area contributed by atoms with Gasteiger partial charge in [0.05, 0.1) is 0 Å². The highest BCUT2D eigenvalue weighted by molar-refractivity contribution is 5.62. The second kappa shape index (κ2) is 2.82. The first-order valence-electron chi connectivity index (χ1n) is 3.69. The molecule has 1 heterocycles. The van der Waals surface area contributed by atoms with Crippen LogP contribution in [0.25, 0.3) is 11.3 Å². The molecule has 1 aromatic heterocycles. The molecule has 2 rings (SSSR count). The third-order valence-corrected chi connectivity index (χ3v) is 1.64. The van der Waals surface area contributed by atoms with Crippen LogP contribution in [0.2, 0.25) is 0 Å². The van der Waals surface area contributed by atoms with Crippen molar-refractivity contribution in [2.75, 3.05) is 0 Å². The number of phenolic OH excluding ortho intramolecular Hbond substituents is 2. The molecule has 0 fully saturated rings. The zero-order chi connectivity index (χ0) is 9.26. The van der Waals surface area contributed by atoms with Gasteiger partial charge in [-0.05, 0) is 12.1 Å². The fourth-order valence-corrected chi connectivity index (χ4v) is 1.10. The first kappa shape index (κ1) is 7.67. The molecule has 0 saturated carbocycles. The quantitative estimate of drug-likeness (QED) is 0.696. The van der Waals surface area contributed by atoms with E-state index in [1.54, 1.807) is 6.07 Å². The molecule has 4 heteroatoms. The minimum atomic E-state index is -0.00185. The molecule has 0 aliphatic carbocycles. The third kappa shape index (κ3) is 1.46. The Hall–Kier alpha value is -1.97. The number of aromatic nitrogens is 1. The van der Waals surface area contributed by atoms with E-state index in [2.05, 4.69) is 9.68 Å². The summed E-state index contributed by atoms with van der Waals surface area (Å²) in [6.07, 6.45) is 1.43. The van der Waals surface area contributed by atoms with Gasteiger partial charge in [-0.3, -0.25) is 0 Å². The van der Waals surface area contributed by atoms with Crippen LogP contribution in [0.4, 0.5) is 0 Å². The van der Waals surface area contributed by atoms with Crippen LogP contribution in [0, 0.1) is 0 Å². The van der Waals surface area contributed by atoms with Crippen LogP contribution in [0.1, 0.15) is 0 Å². The van der Waals surface area contributed by atoms with Gasteiger partial charge in [-0.1, -0.05) is 5.16 Å². The van der Waals surface area contributed by atoms with Crippen molar-refractivity contribution in [3.05, 3.63) is 30.5 Å². The molecule has 2 N–H and O–H groups in total. The Balaban J connectivity index is 2.53. The van der Waals surface area contributed by atoms with Crippen LogP contribution in [0.3, 0.4) is 0 Å². The van der Waals surface area contributed by atoms with Gasteiger partial charge < -0.3 is 14.7 Å². The lowest BCUT2D eigenvalue weighted by Crippen LogP contribution is -1.76. The first-order valence-corrected chi connectivity index (χ1v) is 3.69. The monoisotopic (exact) mass is 177 g/mol. The number of phenols is 2. The molecular weight excluding hydrogens is 170 g/mol. The van der Waals surface area contributed by atoms with Crippen LogP contribution in [-0.4, -0.2) is 15.4 Å². The number of hydrogen-bond acceptors (Lipinski definition) is 4. The summed E-state index contributed by atoms with van der Waals surface area (Å²) in [5, 5.41) is 22.0. The summed E-state index contributed by atoms with van der Waals surface area (Å²) in [6.45, 7) is 0. The number of hydrogen-bond donors (Lipinski definition) is 2. The molecule has 0 bridgehead atoms. The molecule has 0 aliphatic rings. The average Bonchev–Trinajstić information content (AvgIpc) is 2.53. The number of rotatable bonds is 1. The Labute approximate surface area is 74.0 Å². The second-order valence-electron chi connectivity index (χ2n) is 2.62. The topological polar surface area (TPSA) is 66.5 Å². The van der Waals surface area contributed by atoms with Gasteiger partial charge in [0.2, 0.25) is 0 Å². The van der Waals surface area contributed by atoms with E-state index in [1.807, 2.05) is 0 Å².